The Morgan fingerprint density at radius 1 is 1.69 bits per heavy atom. The van der Waals surface area contributed by atoms with Crippen molar-refractivity contribution < 1.29 is 9.90 Å². The molecule has 66 valence electrons. The number of nitrogens with zero attached hydrogens (tertiary/aromatic N) is 1. The zero-order valence-electron chi connectivity index (χ0n) is 7.24. The summed E-state index contributed by atoms with van der Waals surface area (Å²) in [5.74, 6) is 3.47. The van der Waals surface area contributed by atoms with Crippen LogP contribution in [0.25, 0.3) is 0 Å². The summed E-state index contributed by atoms with van der Waals surface area (Å²) in [6.07, 6.45) is 2.45. The maximum Gasteiger partial charge on any atom is 0.382 e. The molecule has 0 bridgehead atoms. The number of aliphatic carboxylic acids is 1. The number of pyridine rings is 1. The number of hydrogen-bond donors (Lipinski definition) is 1. The van der Waals surface area contributed by atoms with Gasteiger partial charge in [0.1, 0.15) is 0 Å². The predicted molar refractivity (Wildman–Crippen MR) is 48.1 cm³/mol. The Balaban J connectivity index is 2.91. The van der Waals surface area contributed by atoms with Crippen molar-refractivity contribution in [3.63, 3.8) is 0 Å². The minimum atomic E-state index is -1.12. The van der Waals surface area contributed by atoms with Gasteiger partial charge in [-0.25, -0.2) is 4.79 Å². The van der Waals surface area contributed by atoms with Gasteiger partial charge in [0.15, 0.2) is 0 Å². The predicted octanol–water partition coefficient (Wildman–Crippen LogP) is 1.08. The molecule has 0 spiro atoms. The first-order valence-corrected chi connectivity index (χ1v) is 3.92. The van der Waals surface area contributed by atoms with E-state index in [0.717, 1.165) is 12.1 Å². The SMILES string of the molecule is CCc1cc(C#CC(=O)O)ccn1. The van der Waals surface area contributed by atoms with Crippen LogP contribution in [0.1, 0.15) is 18.2 Å². The number of carbonyl (C=O) groups is 1. The quantitative estimate of drug-likeness (QED) is 0.650. The highest BCUT2D eigenvalue weighted by molar-refractivity contribution is 5.87. The summed E-state index contributed by atoms with van der Waals surface area (Å²) >= 11 is 0. The Morgan fingerprint density at radius 2 is 2.46 bits per heavy atom. The lowest BCUT2D eigenvalue weighted by Crippen LogP contribution is -1.89. The summed E-state index contributed by atoms with van der Waals surface area (Å²) in [5, 5.41) is 8.31. The zero-order valence-corrected chi connectivity index (χ0v) is 7.24. The highest BCUT2D eigenvalue weighted by atomic mass is 16.4. The summed E-state index contributed by atoms with van der Waals surface area (Å²) in [4.78, 5) is 14.2. The van der Waals surface area contributed by atoms with E-state index in [0.29, 0.717) is 5.56 Å². The molecule has 0 aliphatic carbocycles. The van der Waals surface area contributed by atoms with Crippen LogP contribution in [0.5, 0.6) is 0 Å². The highest BCUT2D eigenvalue weighted by Crippen LogP contribution is 2.00. The molecule has 1 N–H and O–H groups in total. The van der Waals surface area contributed by atoms with E-state index in [4.69, 9.17) is 5.11 Å². The van der Waals surface area contributed by atoms with Crippen LogP contribution in [0.3, 0.4) is 0 Å². The van der Waals surface area contributed by atoms with E-state index >= 15 is 0 Å². The molecule has 0 unspecified atom stereocenters. The van der Waals surface area contributed by atoms with Gasteiger partial charge in [0.05, 0.1) is 0 Å². The van der Waals surface area contributed by atoms with E-state index in [1.807, 2.05) is 6.92 Å². The maximum absolute atomic E-state index is 10.1. The van der Waals surface area contributed by atoms with Crippen LogP contribution < -0.4 is 0 Å². The van der Waals surface area contributed by atoms with Crippen molar-refractivity contribution in [3.8, 4) is 11.8 Å². The van der Waals surface area contributed by atoms with E-state index in [-0.39, 0.29) is 0 Å². The number of aromatic nitrogens is 1. The molecular weight excluding hydrogens is 166 g/mol. The fraction of sp³-hybridized carbons (Fsp3) is 0.200. The fourth-order valence-electron chi connectivity index (χ4n) is 0.875. The molecule has 1 heterocycles. The number of carboxylic acids is 1. The van der Waals surface area contributed by atoms with Crippen molar-refractivity contribution in [2.45, 2.75) is 13.3 Å². The third-order valence-electron chi connectivity index (χ3n) is 1.49. The third kappa shape index (κ3) is 2.96. The van der Waals surface area contributed by atoms with Gasteiger partial charge in [0.25, 0.3) is 0 Å². The van der Waals surface area contributed by atoms with Crippen LogP contribution in [-0.2, 0) is 11.2 Å². The molecule has 1 aromatic rings. The van der Waals surface area contributed by atoms with E-state index in [1.54, 1.807) is 18.3 Å². The molecule has 1 rings (SSSR count). The van der Waals surface area contributed by atoms with E-state index in [9.17, 15) is 4.79 Å². The Kier molecular flexibility index (Phi) is 3.04. The Labute approximate surface area is 76.4 Å². The summed E-state index contributed by atoms with van der Waals surface area (Å²) in [6, 6.07) is 3.48. The van der Waals surface area contributed by atoms with Gasteiger partial charge >= 0.3 is 5.97 Å². The van der Waals surface area contributed by atoms with Crippen molar-refractivity contribution in [1.29, 1.82) is 0 Å². The largest absolute Gasteiger partial charge is 0.472 e. The van der Waals surface area contributed by atoms with E-state index < -0.39 is 5.97 Å². The molecule has 0 saturated carbocycles. The first-order chi connectivity index (χ1) is 6.22. The molecule has 0 saturated heterocycles. The molecule has 0 aromatic carbocycles. The Hall–Kier alpha value is -1.82. The van der Waals surface area contributed by atoms with Crippen LogP contribution >= 0.6 is 0 Å². The summed E-state index contributed by atoms with van der Waals surface area (Å²) < 4.78 is 0. The highest BCUT2D eigenvalue weighted by Gasteiger charge is 1.92. The fourth-order valence-corrected chi connectivity index (χ4v) is 0.875. The van der Waals surface area contributed by atoms with Gasteiger partial charge in [-0.3, -0.25) is 4.98 Å². The summed E-state index contributed by atoms with van der Waals surface area (Å²) in [6.45, 7) is 1.98. The second kappa shape index (κ2) is 4.27. The first kappa shape index (κ1) is 9.27. The van der Waals surface area contributed by atoms with Gasteiger partial charge in [-0.05, 0) is 18.6 Å². The second-order valence-corrected chi connectivity index (χ2v) is 2.44. The number of carboxylic acid groups (broad SMARTS) is 1. The van der Waals surface area contributed by atoms with Crippen molar-refractivity contribution in [1.82, 2.24) is 4.98 Å². The topological polar surface area (TPSA) is 50.2 Å². The standard InChI is InChI=1S/C10H9NO2/c1-2-9-7-8(5-6-11-9)3-4-10(12)13/h5-7H,2H2,1H3,(H,12,13). The smallest absolute Gasteiger partial charge is 0.382 e. The molecule has 1 aromatic heterocycles. The average molecular weight is 175 g/mol. The monoisotopic (exact) mass is 175 g/mol. The summed E-state index contributed by atoms with van der Waals surface area (Å²) in [7, 11) is 0. The summed E-state index contributed by atoms with van der Waals surface area (Å²) in [5.41, 5.74) is 1.60. The third-order valence-corrected chi connectivity index (χ3v) is 1.49. The van der Waals surface area contributed by atoms with Gasteiger partial charge in [-0.15, -0.1) is 0 Å². The first-order valence-electron chi connectivity index (χ1n) is 3.92. The van der Waals surface area contributed by atoms with Gasteiger partial charge in [-0.1, -0.05) is 12.8 Å². The van der Waals surface area contributed by atoms with Crippen molar-refractivity contribution in [3.05, 3.63) is 29.6 Å². The zero-order chi connectivity index (χ0) is 9.68. The Bertz CT molecular complexity index is 374. The van der Waals surface area contributed by atoms with Gasteiger partial charge < -0.3 is 5.11 Å². The van der Waals surface area contributed by atoms with Crippen LogP contribution in [0.2, 0.25) is 0 Å². The van der Waals surface area contributed by atoms with Crippen molar-refractivity contribution in [2.75, 3.05) is 0 Å². The molecule has 0 amide bonds. The van der Waals surface area contributed by atoms with Crippen LogP contribution in [0.15, 0.2) is 18.3 Å². The van der Waals surface area contributed by atoms with Crippen molar-refractivity contribution >= 4 is 5.97 Å². The normalized spacial score (nSPS) is 8.69. The number of rotatable bonds is 1. The Morgan fingerprint density at radius 3 is 3.08 bits per heavy atom. The van der Waals surface area contributed by atoms with Gasteiger partial charge in [-0.2, -0.15) is 0 Å². The molecule has 3 nitrogen and oxygen atoms in total. The molecule has 0 atom stereocenters. The van der Waals surface area contributed by atoms with Gasteiger partial charge in [0.2, 0.25) is 0 Å². The molecule has 0 fully saturated rings. The molecular formula is C10H9NO2. The maximum atomic E-state index is 10.1. The molecule has 0 aliphatic heterocycles. The van der Waals surface area contributed by atoms with E-state index in [2.05, 4.69) is 16.8 Å². The average Bonchev–Trinajstić information content (AvgIpc) is 2.15. The lowest BCUT2D eigenvalue weighted by Gasteiger charge is -1.94. The van der Waals surface area contributed by atoms with E-state index in [1.165, 1.54) is 0 Å². The molecule has 0 radical (unpaired) electrons. The number of hydrogen-bond acceptors (Lipinski definition) is 2. The van der Waals surface area contributed by atoms with Crippen LogP contribution in [0, 0.1) is 11.8 Å². The van der Waals surface area contributed by atoms with Crippen LogP contribution in [-0.4, -0.2) is 16.1 Å². The molecule has 3 heteroatoms. The lowest BCUT2D eigenvalue weighted by atomic mass is 10.2. The van der Waals surface area contributed by atoms with Crippen molar-refractivity contribution in [2.24, 2.45) is 0 Å². The molecule has 0 aliphatic rings. The van der Waals surface area contributed by atoms with Gasteiger partial charge in [0, 0.05) is 23.4 Å². The lowest BCUT2D eigenvalue weighted by molar-refractivity contribution is -0.130. The minimum absolute atomic E-state index is 0.689. The molecule has 13 heavy (non-hydrogen) atoms. The number of aryl methyl sites for hydroxylation is 1. The second-order valence-electron chi connectivity index (χ2n) is 2.44. The minimum Gasteiger partial charge on any atom is -0.472 e. The van der Waals surface area contributed by atoms with Crippen LogP contribution in [0.4, 0.5) is 0 Å².